The van der Waals surface area contributed by atoms with Gasteiger partial charge in [-0.15, -0.1) is 0 Å². The van der Waals surface area contributed by atoms with Crippen molar-refractivity contribution in [1.82, 2.24) is 9.97 Å². The highest BCUT2D eigenvalue weighted by atomic mass is 35.5. The van der Waals surface area contributed by atoms with Gasteiger partial charge in [-0.25, -0.2) is 14.8 Å². The van der Waals surface area contributed by atoms with Crippen LogP contribution in [0.4, 0.5) is 17.2 Å². The number of ether oxygens (including phenoxy) is 1. The predicted octanol–water partition coefficient (Wildman–Crippen LogP) is 3.91. The number of nitrogens with one attached hydrogen (secondary N) is 2. The van der Waals surface area contributed by atoms with Crippen LogP contribution < -0.4 is 10.6 Å². The Morgan fingerprint density at radius 1 is 0.963 bits per heavy atom. The van der Waals surface area contributed by atoms with Crippen LogP contribution in [0.2, 0.25) is 5.02 Å². The Morgan fingerprint density at radius 3 is 2.33 bits per heavy atom. The first-order valence-corrected chi connectivity index (χ1v) is 8.28. The summed E-state index contributed by atoms with van der Waals surface area (Å²) in [6.45, 7) is 0. The molecule has 1 heterocycles. The molecule has 2 N–H and O–H groups in total. The first kappa shape index (κ1) is 18.3. The Labute approximate surface area is 160 Å². The van der Waals surface area contributed by atoms with Gasteiger partial charge in [-0.3, -0.25) is 4.79 Å². The molecular weight excluding hydrogens is 368 g/mol. The van der Waals surface area contributed by atoms with Crippen molar-refractivity contribution in [3.05, 3.63) is 77.2 Å². The number of carbonyl (C=O) groups is 2. The van der Waals surface area contributed by atoms with Crippen molar-refractivity contribution in [1.29, 1.82) is 0 Å². The molecule has 7 nitrogen and oxygen atoms in total. The molecule has 1 amide bonds. The zero-order valence-corrected chi connectivity index (χ0v) is 15.0. The van der Waals surface area contributed by atoms with Crippen LogP contribution in [-0.4, -0.2) is 29.0 Å². The van der Waals surface area contributed by atoms with Crippen molar-refractivity contribution < 1.29 is 14.3 Å². The van der Waals surface area contributed by atoms with Gasteiger partial charge in [0.15, 0.2) is 0 Å². The molecule has 136 valence electrons. The first-order chi connectivity index (χ1) is 13.1. The van der Waals surface area contributed by atoms with Gasteiger partial charge in [0.25, 0.3) is 5.91 Å². The number of hydrogen-bond acceptors (Lipinski definition) is 6. The predicted molar refractivity (Wildman–Crippen MR) is 103 cm³/mol. The lowest BCUT2D eigenvalue weighted by atomic mass is 10.1. The van der Waals surface area contributed by atoms with Gasteiger partial charge in [0.2, 0.25) is 0 Å². The van der Waals surface area contributed by atoms with E-state index < -0.39 is 11.9 Å². The zero-order chi connectivity index (χ0) is 19.2. The van der Waals surface area contributed by atoms with Crippen LogP contribution in [0.5, 0.6) is 0 Å². The van der Waals surface area contributed by atoms with Gasteiger partial charge in [-0.05, 0) is 24.3 Å². The quantitative estimate of drug-likeness (QED) is 0.650. The van der Waals surface area contributed by atoms with E-state index in [1.807, 2.05) is 12.1 Å². The monoisotopic (exact) mass is 382 g/mol. The molecule has 0 saturated heterocycles. The largest absolute Gasteiger partial charge is 0.465 e. The SMILES string of the molecule is COC(=O)c1ccccc1NC(=O)c1cnc(Nc2ccccc2Cl)cn1. The molecule has 0 saturated carbocycles. The van der Waals surface area contributed by atoms with E-state index in [1.165, 1.54) is 19.5 Å². The summed E-state index contributed by atoms with van der Waals surface area (Å²) >= 11 is 6.09. The number of nitrogens with zero attached hydrogens (tertiary/aromatic N) is 2. The second-order valence-electron chi connectivity index (χ2n) is 5.38. The standard InChI is InChI=1S/C19H15ClN4O3/c1-27-19(26)12-6-2-4-8-14(12)24-18(25)16-10-22-17(11-21-16)23-15-9-5-3-7-13(15)20/h2-11H,1H3,(H,22,23)(H,24,25). The summed E-state index contributed by atoms with van der Waals surface area (Å²) in [5.74, 6) is -0.603. The third-order valence-corrected chi connectivity index (χ3v) is 3.93. The highest BCUT2D eigenvalue weighted by Crippen LogP contribution is 2.23. The molecule has 0 aliphatic heterocycles. The average molecular weight is 383 g/mol. The Balaban J connectivity index is 1.73. The number of halogens is 1. The molecule has 0 aliphatic rings. The highest BCUT2D eigenvalue weighted by molar-refractivity contribution is 6.33. The molecule has 8 heteroatoms. The molecule has 2 aromatic carbocycles. The number of amides is 1. The average Bonchev–Trinajstić information content (AvgIpc) is 2.70. The maximum Gasteiger partial charge on any atom is 0.339 e. The lowest BCUT2D eigenvalue weighted by Gasteiger charge is -2.10. The lowest BCUT2D eigenvalue weighted by molar-refractivity contribution is 0.0602. The molecule has 1 aromatic heterocycles. The Hall–Kier alpha value is -3.45. The Bertz CT molecular complexity index is 977. The van der Waals surface area contributed by atoms with Crippen molar-refractivity contribution in [2.75, 3.05) is 17.7 Å². The normalized spacial score (nSPS) is 10.1. The van der Waals surface area contributed by atoms with Gasteiger partial charge in [0.05, 0.1) is 41.5 Å². The Kier molecular flexibility index (Phi) is 5.63. The van der Waals surface area contributed by atoms with Crippen LogP contribution in [0.1, 0.15) is 20.8 Å². The number of esters is 1. The minimum atomic E-state index is -0.545. The van der Waals surface area contributed by atoms with Gasteiger partial charge in [0, 0.05) is 0 Å². The summed E-state index contributed by atoms with van der Waals surface area (Å²) in [7, 11) is 1.27. The Morgan fingerprint density at radius 2 is 1.67 bits per heavy atom. The minimum Gasteiger partial charge on any atom is -0.465 e. The summed E-state index contributed by atoms with van der Waals surface area (Å²) < 4.78 is 4.71. The fourth-order valence-corrected chi connectivity index (χ4v) is 2.46. The van der Waals surface area contributed by atoms with E-state index in [4.69, 9.17) is 16.3 Å². The van der Waals surface area contributed by atoms with E-state index in [2.05, 4.69) is 20.6 Å². The molecule has 0 atom stereocenters. The molecule has 3 rings (SSSR count). The third kappa shape index (κ3) is 4.39. The van der Waals surface area contributed by atoms with Crippen LogP contribution in [-0.2, 0) is 4.74 Å². The number of hydrogen-bond donors (Lipinski definition) is 2. The van der Waals surface area contributed by atoms with Crippen molar-refractivity contribution in [2.45, 2.75) is 0 Å². The summed E-state index contributed by atoms with van der Waals surface area (Å²) in [4.78, 5) is 32.4. The molecule has 0 unspecified atom stereocenters. The first-order valence-electron chi connectivity index (χ1n) is 7.91. The second-order valence-corrected chi connectivity index (χ2v) is 5.79. The minimum absolute atomic E-state index is 0.0966. The second kappa shape index (κ2) is 8.29. The van der Waals surface area contributed by atoms with E-state index in [-0.39, 0.29) is 11.3 Å². The van der Waals surface area contributed by atoms with Crippen LogP contribution >= 0.6 is 11.6 Å². The van der Waals surface area contributed by atoms with E-state index in [0.717, 1.165) is 0 Å². The molecule has 27 heavy (non-hydrogen) atoms. The molecule has 0 spiro atoms. The van der Waals surface area contributed by atoms with Crippen LogP contribution in [0.25, 0.3) is 0 Å². The summed E-state index contributed by atoms with van der Waals surface area (Å²) in [5.41, 5.74) is 1.35. The molecule has 0 fully saturated rings. The molecule has 0 bridgehead atoms. The maximum atomic E-state index is 12.4. The molecule has 0 radical (unpaired) electrons. The van der Waals surface area contributed by atoms with Crippen molar-refractivity contribution in [3.63, 3.8) is 0 Å². The third-order valence-electron chi connectivity index (χ3n) is 3.60. The summed E-state index contributed by atoms with van der Waals surface area (Å²) in [6, 6.07) is 13.7. The van der Waals surface area contributed by atoms with Crippen LogP contribution in [0, 0.1) is 0 Å². The fourth-order valence-electron chi connectivity index (χ4n) is 2.28. The number of methoxy groups -OCH3 is 1. The van der Waals surface area contributed by atoms with Gasteiger partial charge in [0.1, 0.15) is 11.5 Å². The lowest BCUT2D eigenvalue weighted by Crippen LogP contribution is -2.17. The van der Waals surface area contributed by atoms with E-state index in [9.17, 15) is 9.59 Å². The van der Waals surface area contributed by atoms with E-state index in [0.29, 0.717) is 22.2 Å². The number of carbonyl (C=O) groups excluding carboxylic acids is 2. The number of benzene rings is 2. The van der Waals surface area contributed by atoms with Gasteiger partial charge < -0.3 is 15.4 Å². The summed E-state index contributed by atoms with van der Waals surface area (Å²) in [6.07, 6.45) is 2.75. The topological polar surface area (TPSA) is 93.2 Å². The number of rotatable bonds is 5. The van der Waals surface area contributed by atoms with Gasteiger partial charge in [-0.2, -0.15) is 0 Å². The van der Waals surface area contributed by atoms with Gasteiger partial charge in [-0.1, -0.05) is 35.9 Å². The van der Waals surface area contributed by atoms with E-state index >= 15 is 0 Å². The van der Waals surface area contributed by atoms with Crippen molar-refractivity contribution in [3.8, 4) is 0 Å². The van der Waals surface area contributed by atoms with Crippen LogP contribution in [0.15, 0.2) is 60.9 Å². The molecule has 0 aliphatic carbocycles. The number of anilines is 3. The highest BCUT2D eigenvalue weighted by Gasteiger charge is 2.15. The van der Waals surface area contributed by atoms with Crippen molar-refractivity contribution >= 4 is 40.7 Å². The zero-order valence-electron chi connectivity index (χ0n) is 14.3. The molecular formula is C19H15ClN4O3. The van der Waals surface area contributed by atoms with Crippen LogP contribution in [0.3, 0.4) is 0 Å². The fraction of sp³-hybridized carbons (Fsp3) is 0.0526. The van der Waals surface area contributed by atoms with Crippen molar-refractivity contribution in [2.24, 2.45) is 0 Å². The maximum absolute atomic E-state index is 12.4. The number of aromatic nitrogens is 2. The van der Waals surface area contributed by atoms with E-state index in [1.54, 1.807) is 36.4 Å². The summed E-state index contributed by atoms with van der Waals surface area (Å²) in [5, 5.41) is 6.20. The van der Waals surface area contributed by atoms with Gasteiger partial charge >= 0.3 is 5.97 Å². The molecule has 3 aromatic rings. The number of para-hydroxylation sites is 2. The smallest absolute Gasteiger partial charge is 0.339 e.